The van der Waals surface area contributed by atoms with Gasteiger partial charge in [-0.05, 0) is 18.4 Å². The van der Waals surface area contributed by atoms with Crippen molar-refractivity contribution in [2.45, 2.75) is 0 Å². The van der Waals surface area contributed by atoms with Crippen molar-refractivity contribution in [1.29, 1.82) is 5.26 Å². The summed E-state index contributed by atoms with van der Waals surface area (Å²) in [6.07, 6.45) is 3.64. The number of rotatable bonds is 2. The highest BCUT2D eigenvalue weighted by molar-refractivity contribution is 8.13. The number of hydrogen-bond donors (Lipinski definition) is 1. The summed E-state index contributed by atoms with van der Waals surface area (Å²) >= 11 is 7.28. The molecule has 0 fully saturated rings. The lowest BCUT2D eigenvalue weighted by Crippen LogP contribution is -2.12. The smallest absolute Gasteiger partial charge is 0.183 e. The van der Waals surface area contributed by atoms with Crippen LogP contribution in [0.25, 0.3) is 0 Å². The second-order valence-corrected chi connectivity index (χ2v) is 3.85. The van der Waals surface area contributed by atoms with Crippen molar-refractivity contribution in [3.05, 3.63) is 23.2 Å². The minimum Gasteiger partial charge on any atom is -0.493 e. The molecule has 0 atom stereocenters. The molecule has 0 aliphatic heterocycles. The van der Waals surface area contributed by atoms with Crippen molar-refractivity contribution >= 4 is 34.2 Å². The van der Waals surface area contributed by atoms with Crippen molar-refractivity contribution in [3.63, 3.8) is 0 Å². The number of nitrogens with one attached hydrogen (secondary N) is 1. The second kappa shape index (κ2) is 6.26. The zero-order valence-corrected chi connectivity index (χ0v) is 10.4. The van der Waals surface area contributed by atoms with Crippen molar-refractivity contribution in [3.8, 4) is 11.9 Å². The first-order valence-corrected chi connectivity index (χ1v) is 5.93. The molecule has 0 aliphatic carbocycles. The number of methoxy groups -OCH3 is 1. The van der Waals surface area contributed by atoms with Crippen LogP contribution >= 0.6 is 23.4 Å². The van der Waals surface area contributed by atoms with Gasteiger partial charge in [-0.2, -0.15) is 5.26 Å². The Morgan fingerprint density at radius 3 is 2.94 bits per heavy atom. The number of benzene rings is 1. The number of amidine groups is 1. The maximum absolute atomic E-state index is 8.51. The van der Waals surface area contributed by atoms with Gasteiger partial charge in [0.2, 0.25) is 0 Å². The van der Waals surface area contributed by atoms with E-state index in [1.54, 1.807) is 18.2 Å². The van der Waals surface area contributed by atoms with Crippen LogP contribution in [0.15, 0.2) is 23.2 Å². The van der Waals surface area contributed by atoms with Gasteiger partial charge in [-0.3, -0.25) is 5.32 Å². The third-order valence-corrected chi connectivity index (χ3v) is 2.61. The first-order valence-electron chi connectivity index (χ1n) is 4.33. The summed E-state index contributed by atoms with van der Waals surface area (Å²) in [5, 5.41) is 12.0. The van der Waals surface area contributed by atoms with E-state index in [4.69, 9.17) is 21.6 Å². The van der Waals surface area contributed by atoms with Crippen LogP contribution in [-0.4, -0.2) is 18.5 Å². The van der Waals surface area contributed by atoms with Gasteiger partial charge in [-0.25, -0.2) is 4.99 Å². The average Bonchev–Trinajstić information content (AvgIpc) is 2.28. The Bertz CT molecular complexity index is 442. The van der Waals surface area contributed by atoms with E-state index < -0.39 is 0 Å². The molecular weight excluding hydrogens is 246 g/mol. The van der Waals surface area contributed by atoms with Crippen LogP contribution in [0.5, 0.6) is 5.75 Å². The SMILES string of the molecule is COc1c(Cl)cccc1N=C(NC#N)SC. The number of ether oxygens (including phenoxy) is 1. The van der Waals surface area contributed by atoms with E-state index in [0.29, 0.717) is 21.6 Å². The number of hydrogen-bond acceptors (Lipinski definition) is 4. The van der Waals surface area contributed by atoms with Gasteiger partial charge in [0.25, 0.3) is 0 Å². The minimum atomic E-state index is 0.487. The molecule has 0 bridgehead atoms. The molecular formula is C10H10ClN3OS. The van der Waals surface area contributed by atoms with Gasteiger partial charge in [-0.1, -0.05) is 29.4 Å². The molecule has 6 heteroatoms. The Morgan fingerprint density at radius 1 is 1.62 bits per heavy atom. The lowest BCUT2D eigenvalue weighted by Gasteiger charge is -2.07. The van der Waals surface area contributed by atoms with Crippen molar-refractivity contribution in [2.24, 2.45) is 4.99 Å². The highest BCUT2D eigenvalue weighted by Crippen LogP contribution is 2.34. The molecule has 16 heavy (non-hydrogen) atoms. The maximum Gasteiger partial charge on any atom is 0.183 e. The largest absolute Gasteiger partial charge is 0.493 e. The second-order valence-electron chi connectivity index (χ2n) is 2.65. The summed E-state index contributed by atoms with van der Waals surface area (Å²) < 4.78 is 5.14. The Kier molecular flexibility index (Phi) is 4.96. The number of halogens is 1. The Hall–Kier alpha value is -1.38. The van der Waals surface area contributed by atoms with Crippen LogP contribution in [0.1, 0.15) is 0 Å². The molecule has 0 spiro atoms. The van der Waals surface area contributed by atoms with Gasteiger partial charge in [0.05, 0.1) is 12.1 Å². The molecule has 1 aromatic carbocycles. The van der Waals surface area contributed by atoms with Crippen molar-refractivity contribution < 1.29 is 4.74 Å². The summed E-state index contributed by atoms with van der Waals surface area (Å²) in [5.41, 5.74) is 0.585. The zero-order chi connectivity index (χ0) is 12.0. The molecule has 0 saturated heterocycles. The fraction of sp³-hybridized carbons (Fsp3) is 0.200. The first kappa shape index (κ1) is 12.7. The van der Waals surface area contributed by atoms with Gasteiger partial charge in [0.15, 0.2) is 17.1 Å². The Morgan fingerprint density at radius 2 is 2.38 bits per heavy atom. The monoisotopic (exact) mass is 255 g/mol. The topological polar surface area (TPSA) is 57.4 Å². The predicted octanol–water partition coefficient (Wildman–Crippen LogP) is 2.77. The third-order valence-electron chi connectivity index (χ3n) is 1.73. The van der Waals surface area contributed by atoms with Crippen LogP contribution in [0.4, 0.5) is 5.69 Å². The highest BCUT2D eigenvalue weighted by atomic mass is 35.5. The Labute approximate surface area is 103 Å². The number of para-hydroxylation sites is 1. The average molecular weight is 256 g/mol. The quantitative estimate of drug-likeness (QED) is 0.382. The number of thioether (sulfide) groups is 1. The van der Waals surface area contributed by atoms with Crippen molar-refractivity contribution in [2.75, 3.05) is 13.4 Å². The first-order chi connectivity index (χ1) is 7.72. The van der Waals surface area contributed by atoms with Gasteiger partial charge < -0.3 is 4.74 Å². The molecule has 0 unspecified atom stereocenters. The zero-order valence-electron chi connectivity index (χ0n) is 8.82. The number of nitrogens with zero attached hydrogens (tertiary/aromatic N) is 2. The Balaban J connectivity index is 3.13. The maximum atomic E-state index is 8.51. The van der Waals surface area contributed by atoms with Gasteiger partial charge in [-0.15, -0.1) is 0 Å². The molecule has 1 rings (SSSR count). The number of aliphatic imine (C=N–C) groups is 1. The van der Waals surface area contributed by atoms with Gasteiger partial charge >= 0.3 is 0 Å². The molecule has 0 amide bonds. The molecule has 0 aromatic heterocycles. The molecule has 0 aliphatic rings. The van der Waals surface area contributed by atoms with E-state index in [-0.39, 0.29) is 0 Å². The number of nitriles is 1. The van der Waals surface area contributed by atoms with Crippen LogP contribution in [0.3, 0.4) is 0 Å². The van der Waals surface area contributed by atoms with E-state index >= 15 is 0 Å². The van der Waals surface area contributed by atoms with Crippen LogP contribution < -0.4 is 10.1 Å². The molecule has 1 aromatic rings. The molecule has 84 valence electrons. The fourth-order valence-corrected chi connectivity index (χ4v) is 1.65. The van der Waals surface area contributed by atoms with E-state index in [9.17, 15) is 0 Å². The molecule has 1 N–H and O–H groups in total. The summed E-state index contributed by atoms with van der Waals surface area (Å²) in [6, 6.07) is 5.25. The lowest BCUT2D eigenvalue weighted by molar-refractivity contribution is 0.416. The van der Waals surface area contributed by atoms with E-state index in [2.05, 4.69) is 10.3 Å². The summed E-state index contributed by atoms with van der Waals surface area (Å²) in [5.74, 6) is 0.496. The molecule has 0 saturated carbocycles. The predicted molar refractivity (Wildman–Crippen MR) is 67.4 cm³/mol. The molecule has 4 nitrogen and oxygen atoms in total. The van der Waals surface area contributed by atoms with Crippen LogP contribution in [0, 0.1) is 11.5 Å². The normalized spacial score (nSPS) is 10.8. The molecule has 0 heterocycles. The standard InChI is InChI=1S/C10H10ClN3OS/c1-15-9-7(11)4-3-5-8(9)14-10(16-2)13-6-12/h3-5H,1-2H3,(H,13,14). The third kappa shape index (κ3) is 3.05. The summed E-state index contributed by atoms with van der Waals surface area (Å²) in [6.45, 7) is 0. The molecule has 0 radical (unpaired) electrons. The highest BCUT2D eigenvalue weighted by Gasteiger charge is 2.07. The summed E-state index contributed by atoms with van der Waals surface area (Å²) in [4.78, 5) is 4.24. The summed E-state index contributed by atoms with van der Waals surface area (Å²) in [7, 11) is 1.52. The van der Waals surface area contributed by atoms with Crippen LogP contribution in [-0.2, 0) is 0 Å². The lowest BCUT2D eigenvalue weighted by atomic mass is 10.3. The van der Waals surface area contributed by atoms with Gasteiger partial charge in [0.1, 0.15) is 5.69 Å². The minimum absolute atomic E-state index is 0.487. The van der Waals surface area contributed by atoms with Crippen LogP contribution in [0.2, 0.25) is 5.02 Å². The van der Waals surface area contributed by atoms with Crippen molar-refractivity contribution in [1.82, 2.24) is 5.32 Å². The van der Waals surface area contributed by atoms with E-state index in [1.165, 1.54) is 18.9 Å². The van der Waals surface area contributed by atoms with E-state index in [0.717, 1.165) is 0 Å². The fourth-order valence-electron chi connectivity index (χ4n) is 1.07. The van der Waals surface area contributed by atoms with E-state index in [1.807, 2.05) is 12.4 Å². The van der Waals surface area contributed by atoms with Gasteiger partial charge in [0, 0.05) is 0 Å².